The number of carbonyl (C=O) groups excluding carboxylic acids is 2. The van der Waals surface area contributed by atoms with Gasteiger partial charge in [0.1, 0.15) is 5.82 Å². The molecule has 19 heavy (non-hydrogen) atoms. The van der Waals surface area contributed by atoms with Gasteiger partial charge in [0.05, 0.1) is 16.6 Å². The third-order valence-electron chi connectivity index (χ3n) is 4.01. The maximum atomic E-state index is 12.9. The average molecular weight is 264 g/mol. The van der Waals surface area contributed by atoms with Crippen molar-refractivity contribution in [2.45, 2.75) is 33.2 Å². The minimum atomic E-state index is -0.755. The van der Waals surface area contributed by atoms with E-state index in [0.29, 0.717) is 5.69 Å². The van der Waals surface area contributed by atoms with Crippen molar-refractivity contribution in [3.63, 3.8) is 0 Å². The van der Waals surface area contributed by atoms with Crippen LogP contribution in [0.15, 0.2) is 24.3 Å². The molecule has 1 aliphatic rings. The van der Waals surface area contributed by atoms with E-state index in [-0.39, 0.29) is 5.91 Å². The molecule has 0 spiro atoms. The molecule has 5 heteroatoms. The van der Waals surface area contributed by atoms with E-state index in [9.17, 15) is 14.0 Å². The number of carbonyl (C=O) groups is 2. The zero-order chi connectivity index (χ0) is 14.4. The van der Waals surface area contributed by atoms with Gasteiger partial charge in [0, 0.05) is 0 Å². The van der Waals surface area contributed by atoms with E-state index in [0.717, 1.165) is 4.90 Å². The van der Waals surface area contributed by atoms with Gasteiger partial charge in [-0.25, -0.2) is 14.1 Å². The van der Waals surface area contributed by atoms with E-state index in [1.165, 1.54) is 24.3 Å². The molecule has 102 valence electrons. The van der Waals surface area contributed by atoms with Crippen LogP contribution in [0.2, 0.25) is 0 Å². The molecule has 0 atom stereocenters. The highest BCUT2D eigenvalue weighted by molar-refractivity contribution is 6.18. The summed E-state index contributed by atoms with van der Waals surface area (Å²) in [5.74, 6) is -0.707. The van der Waals surface area contributed by atoms with Gasteiger partial charge in [-0.3, -0.25) is 4.79 Å². The maximum absolute atomic E-state index is 12.9. The molecule has 1 aliphatic heterocycles. The summed E-state index contributed by atoms with van der Waals surface area (Å²) in [6, 6.07) is 4.80. The number of halogens is 1. The van der Waals surface area contributed by atoms with Crippen molar-refractivity contribution >= 4 is 17.6 Å². The highest BCUT2D eigenvalue weighted by Gasteiger charge is 2.52. The lowest BCUT2D eigenvalue weighted by atomic mass is 9.72. The van der Waals surface area contributed by atoms with Crippen LogP contribution in [0.25, 0.3) is 0 Å². The average Bonchev–Trinajstić information content (AvgIpc) is 2.29. The smallest absolute Gasteiger partial charge is 0.329 e. The van der Waals surface area contributed by atoms with Crippen LogP contribution in [-0.2, 0) is 4.79 Å². The number of rotatable bonds is 1. The molecule has 0 aliphatic carbocycles. The highest BCUT2D eigenvalue weighted by Crippen LogP contribution is 2.37. The lowest BCUT2D eigenvalue weighted by molar-refractivity contribution is -0.130. The van der Waals surface area contributed by atoms with E-state index in [1.54, 1.807) is 13.8 Å². The Balaban J connectivity index is 2.45. The second kappa shape index (κ2) is 4.05. The number of hydrogen-bond acceptors (Lipinski definition) is 2. The van der Waals surface area contributed by atoms with Crippen LogP contribution in [0.4, 0.5) is 14.9 Å². The van der Waals surface area contributed by atoms with Gasteiger partial charge in [-0.05, 0) is 52.0 Å². The Bertz CT molecular complexity index is 535. The van der Waals surface area contributed by atoms with Crippen LogP contribution < -0.4 is 10.2 Å². The first-order chi connectivity index (χ1) is 8.67. The summed E-state index contributed by atoms with van der Waals surface area (Å²) >= 11 is 0. The number of amides is 3. The summed E-state index contributed by atoms with van der Waals surface area (Å²) in [6.45, 7) is 7.19. The summed E-state index contributed by atoms with van der Waals surface area (Å²) in [5, 5.41) is 2.81. The van der Waals surface area contributed by atoms with E-state index in [4.69, 9.17) is 0 Å². The molecule has 1 fully saturated rings. The Morgan fingerprint density at radius 2 is 1.58 bits per heavy atom. The second-order valence-corrected chi connectivity index (χ2v) is 5.80. The van der Waals surface area contributed by atoms with Crippen molar-refractivity contribution in [2.24, 2.45) is 5.41 Å². The number of anilines is 1. The Morgan fingerprint density at radius 1 is 1.05 bits per heavy atom. The van der Waals surface area contributed by atoms with Crippen LogP contribution in [0.1, 0.15) is 27.7 Å². The van der Waals surface area contributed by atoms with Crippen molar-refractivity contribution in [1.29, 1.82) is 0 Å². The van der Waals surface area contributed by atoms with Gasteiger partial charge in [-0.2, -0.15) is 0 Å². The predicted molar refractivity (Wildman–Crippen MR) is 70.3 cm³/mol. The van der Waals surface area contributed by atoms with Crippen LogP contribution in [0, 0.1) is 11.2 Å². The maximum Gasteiger partial charge on any atom is 0.329 e. The molecular formula is C14H17FN2O2. The molecule has 2 rings (SSSR count). The van der Waals surface area contributed by atoms with Crippen molar-refractivity contribution < 1.29 is 14.0 Å². The quantitative estimate of drug-likeness (QED) is 0.847. The zero-order valence-corrected chi connectivity index (χ0v) is 11.5. The fourth-order valence-electron chi connectivity index (χ4n) is 1.94. The summed E-state index contributed by atoms with van der Waals surface area (Å²) in [7, 11) is 0. The summed E-state index contributed by atoms with van der Waals surface area (Å²) in [5.41, 5.74) is -1.03. The fourth-order valence-corrected chi connectivity index (χ4v) is 1.94. The Hall–Kier alpha value is -1.91. The SMILES string of the molecule is CC1(C)NC(=O)N(c2ccc(F)cc2)C(=O)C1(C)C. The van der Waals surface area contributed by atoms with Crippen LogP contribution in [0.5, 0.6) is 0 Å². The minimum Gasteiger partial charge on any atom is -0.331 e. The molecule has 1 heterocycles. The van der Waals surface area contributed by atoms with Crippen LogP contribution in [-0.4, -0.2) is 17.5 Å². The van der Waals surface area contributed by atoms with Gasteiger partial charge < -0.3 is 5.32 Å². The molecule has 1 aromatic rings. The Labute approximate surface area is 111 Å². The van der Waals surface area contributed by atoms with Crippen LogP contribution >= 0.6 is 0 Å². The van der Waals surface area contributed by atoms with Crippen molar-refractivity contribution in [3.8, 4) is 0 Å². The lowest BCUT2D eigenvalue weighted by Crippen LogP contribution is -2.69. The third-order valence-corrected chi connectivity index (χ3v) is 4.01. The number of nitrogens with one attached hydrogen (secondary N) is 1. The van der Waals surface area contributed by atoms with Crippen molar-refractivity contribution in [1.82, 2.24) is 5.32 Å². The first-order valence-electron chi connectivity index (χ1n) is 6.09. The standard InChI is InChI=1S/C14H17FN2O2/c1-13(2)11(18)17(12(19)16-14(13,3)4)10-7-5-9(15)6-8-10/h5-8H,1-4H3,(H,16,19). The summed E-state index contributed by atoms with van der Waals surface area (Å²) in [6.07, 6.45) is 0. The molecule has 3 amide bonds. The molecular weight excluding hydrogens is 247 g/mol. The van der Waals surface area contributed by atoms with E-state index >= 15 is 0 Å². The van der Waals surface area contributed by atoms with Gasteiger partial charge in [-0.15, -0.1) is 0 Å². The van der Waals surface area contributed by atoms with E-state index in [1.807, 2.05) is 13.8 Å². The Kier molecular flexibility index (Phi) is 2.88. The first kappa shape index (κ1) is 13.5. The number of hydrogen-bond donors (Lipinski definition) is 1. The number of urea groups is 1. The molecule has 4 nitrogen and oxygen atoms in total. The van der Waals surface area contributed by atoms with Gasteiger partial charge in [0.2, 0.25) is 5.91 Å². The van der Waals surface area contributed by atoms with E-state index < -0.39 is 22.8 Å². The molecule has 0 radical (unpaired) electrons. The van der Waals surface area contributed by atoms with Gasteiger partial charge in [0.25, 0.3) is 0 Å². The number of benzene rings is 1. The van der Waals surface area contributed by atoms with Gasteiger partial charge in [-0.1, -0.05) is 0 Å². The summed E-state index contributed by atoms with van der Waals surface area (Å²) in [4.78, 5) is 25.7. The Morgan fingerprint density at radius 3 is 2.11 bits per heavy atom. The van der Waals surface area contributed by atoms with Gasteiger partial charge >= 0.3 is 6.03 Å². The highest BCUT2D eigenvalue weighted by atomic mass is 19.1. The molecule has 0 unspecified atom stereocenters. The monoisotopic (exact) mass is 264 g/mol. The molecule has 1 aromatic carbocycles. The fraction of sp³-hybridized carbons (Fsp3) is 0.429. The van der Waals surface area contributed by atoms with E-state index in [2.05, 4.69) is 5.32 Å². The molecule has 1 saturated heterocycles. The molecule has 0 aromatic heterocycles. The number of imide groups is 1. The summed E-state index contributed by atoms with van der Waals surface area (Å²) < 4.78 is 12.9. The molecule has 1 N–H and O–H groups in total. The third kappa shape index (κ3) is 1.99. The van der Waals surface area contributed by atoms with Gasteiger partial charge in [0.15, 0.2) is 0 Å². The van der Waals surface area contributed by atoms with Crippen molar-refractivity contribution in [2.75, 3.05) is 4.90 Å². The normalized spacial score (nSPS) is 21.2. The largest absolute Gasteiger partial charge is 0.331 e. The first-order valence-corrected chi connectivity index (χ1v) is 6.09. The topological polar surface area (TPSA) is 49.4 Å². The zero-order valence-electron chi connectivity index (χ0n) is 11.5. The predicted octanol–water partition coefficient (Wildman–Crippen LogP) is 2.69. The lowest BCUT2D eigenvalue weighted by Gasteiger charge is -2.48. The number of nitrogens with zero attached hydrogens (tertiary/aromatic N) is 1. The minimum absolute atomic E-state index is 0.298. The molecule has 0 saturated carbocycles. The van der Waals surface area contributed by atoms with Crippen molar-refractivity contribution in [3.05, 3.63) is 30.1 Å². The molecule has 0 bridgehead atoms. The second-order valence-electron chi connectivity index (χ2n) is 5.80. The van der Waals surface area contributed by atoms with Crippen LogP contribution in [0.3, 0.4) is 0 Å².